The molecule has 0 amide bonds. The van der Waals surface area contributed by atoms with Crippen molar-refractivity contribution in [2.24, 2.45) is 5.41 Å². The van der Waals surface area contributed by atoms with Crippen molar-refractivity contribution in [1.29, 1.82) is 5.26 Å². The fraction of sp³-hybridized carbons (Fsp3) is 0.364. The lowest BCUT2D eigenvalue weighted by atomic mass is 9.97. The maximum absolute atomic E-state index is 11.9. The molecule has 0 heterocycles. The number of nitrogens with one attached hydrogen (secondary N) is 1. The van der Waals surface area contributed by atoms with Gasteiger partial charge in [0.05, 0.1) is 16.4 Å². The number of rotatable bonds is 4. The third-order valence-electron chi connectivity index (χ3n) is 2.13. The second-order valence-corrected chi connectivity index (χ2v) is 6.96. The van der Waals surface area contributed by atoms with Gasteiger partial charge < -0.3 is 0 Å². The Morgan fingerprint density at radius 1 is 1.35 bits per heavy atom. The van der Waals surface area contributed by atoms with Crippen LogP contribution in [0.25, 0.3) is 0 Å². The molecule has 92 valence electrons. The predicted octanol–water partition coefficient (Wildman–Crippen LogP) is 2.28. The van der Waals surface area contributed by atoms with E-state index in [1.807, 2.05) is 6.07 Å². The van der Waals surface area contributed by atoms with Crippen LogP contribution in [0, 0.1) is 16.7 Å². The molecule has 1 aromatic carbocycles. The Hall–Kier alpha value is -0.900. The van der Waals surface area contributed by atoms with Crippen LogP contribution in [0.4, 0.5) is 0 Å². The standard InChI is InChI=1S/C11H13BrN2O2S/c1-11(2,7-13)8-14-17(15,16)10-5-3-9(12)4-6-10/h3-6,14H,8H2,1-2H3. The van der Waals surface area contributed by atoms with Crippen LogP contribution in [-0.4, -0.2) is 15.0 Å². The minimum absolute atomic E-state index is 0.0852. The van der Waals surface area contributed by atoms with E-state index in [0.717, 1.165) is 4.47 Å². The summed E-state index contributed by atoms with van der Waals surface area (Å²) in [5.74, 6) is 0. The normalized spacial score (nSPS) is 12.1. The summed E-state index contributed by atoms with van der Waals surface area (Å²) in [6.45, 7) is 3.44. The third kappa shape index (κ3) is 4.11. The van der Waals surface area contributed by atoms with Gasteiger partial charge in [-0.2, -0.15) is 5.26 Å². The largest absolute Gasteiger partial charge is 0.240 e. The Morgan fingerprint density at radius 3 is 2.35 bits per heavy atom. The van der Waals surface area contributed by atoms with Crippen LogP contribution < -0.4 is 4.72 Å². The smallest absolute Gasteiger partial charge is 0.210 e. The third-order valence-corrected chi connectivity index (χ3v) is 4.08. The highest BCUT2D eigenvalue weighted by Gasteiger charge is 2.21. The van der Waals surface area contributed by atoms with Gasteiger partial charge in [0.15, 0.2) is 0 Å². The Morgan fingerprint density at radius 2 is 1.88 bits per heavy atom. The monoisotopic (exact) mass is 316 g/mol. The lowest BCUT2D eigenvalue weighted by Gasteiger charge is -2.15. The first-order valence-corrected chi connectivity index (χ1v) is 7.21. The van der Waals surface area contributed by atoms with E-state index in [1.54, 1.807) is 26.0 Å². The van der Waals surface area contributed by atoms with E-state index in [-0.39, 0.29) is 11.4 Å². The van der Waals surface area contributed by atoms with Crippen LogP contribution >= 0.6 is 15.9 Å². The van der Waals surface area contributed by atoms with Gasteiger partial charge in [-0.05, 0) is 38.1 Å². The van der Waals surface area contributed by atoms with Crippen molar-refractivity contribution in [3.8, 4) is 6.07 Å². The molecule has 0 saturated carbocycles. The Labute approximate surface area is 110 Å². The van der Waals surface area contributed by atoms with E-state index >= 15 is 0 Å². The van der Waals surface area contributed by atoms with Crippen LogP contribution in [0.15, 0.2) is 33.6 Å². The molecular weight excluding hydrogens is 304 g/mol. The molecule has 0 radical (unpaired) electrons. The van der Waals surface area contributed by atoms with Gasteiger partial charge in [-0.15, -0.1) is 0 Å². The van der Waals surface area contributed by atoms with Gasteiger partial charge in [-0.25, -0.2) is 13.1 Å². The highest BCUT2D eigenvalue weighted by molar-refractivity contribution is 9.10. The van der Waals surface area contributed by atoms with Gasteiger partial charge in [0.1, 0.15) is 0 Å². The Balaban J connectivity index is 2.84. The van der Waals surface area contributed by atoms with Gasteiger partial charge in [0.2, 0.25) is 10.0 Å². The van der Waals surface area contributed by atoms with Gasteiger partial charge in [-0.1, -0.05) is 15.9 Å². The molecular formula is C11H13BrN2O2S. The molecule has 0 aliphatic rings. The van der Waals surface area contributed by atoms with E-state index in [2.05, 4.69) is 20.7 Å². The first-order valence-electron chi connectivity index (χ1n) is 4.93. The minimum atomic E-state index is -3.54. The van der Waals surface area contributed by atoms with E-state index < -0.39 is 15.4 Å². The fourth-order valence-electron chi connectivity index (χ4n) is 1.01. The number of hydrogen-bond acceptors (Lipinski definition) is 3. The molecule has 0 aromatic heterocycles. The molecule has 1 rings (SSSR count). The molecule has 0 atom stereocenters. The molecule has 0 spiro atoms. The zero-order valence-electron chi connectivity index (χ0n) is 9.57. The average molecular weight is 317 g/mol. The van der Waals surface area contributed by atoms with E-state index in [9.17, 15) is 8.42 Å². The maximum atomic E-state index is 11.9. The molecule has 4 nitrogen and oxygen atoms in total. The molecule has 0 unspecified atom stereocenters. The van der Waals surface area contributed by atoms with Gasteiger partial charge >= 0.3 is 0 Å². The summed E-state index contributed by atoms with van der Waals surface area (Å²) in [5, 5.41) is 8.81. The highest BCUT2D eigenvalue weighted by Crippen LogP contribution is 2.16. The summed E-state index contributed by atoms with van der Waals surface area (Å²) < 4.78 is 27.0. The molecule has 0 fully saturated rings. The van der Waals surface area contributed by atoms with E-state index in [1.165, 1.54) is 12.1 Å². The van der Waals surface area contributed by atoms with Crippen molar-refractivity contribution in [1.82, 2.24) is 4.72 Å². The quantitative estimate of drug-likeness (QED) is 0.926. The zero-order valence-corrected chi connectivity index (χ0v) is 12.0. The van der Waals surface area contributed by atoms with Crippen molar-refractivity contribution >= 4 is 26.0 Å². The molecule has 6 heteroatoms. The van der Waals surface area contributed by atoms with Crippen LogP contribution in [0.3, 0.4) is 0 Å². The van der Waals surface area contributed by atoms with Crippen molar-refractivity contribution in [2.75, 3.05) is 6.54 Å². The number of sulfonamides is 1. The number of benzene rings is 1. The molecule has 0 aliphatic carbocycles. The lowest BCUT2D eigenvalue weighted by Crippen LogP contribution is -2.33. The average Bonchev–Trinajstić information content (AvgIpc) is 2.27. The lowest BCUT2D eigenvalue weighted by molar-refractivity contribution is 0.479. The summed E-state index contributed by atoms with van der Waals surface area (Å²) in [7, 11) is -3.54. The summed E-state index contributed by atoms with van der Waals surface area (Å²) in [6.07, 6.45) is 0. The topological polar surface area (TPSA) is 70.0 Å². The summed E-state index contributed by atoms with van der Waals surface area (Å²) in [6, 6.07) is 8.37. The van der Waals surface area contributed by atoms with Gasteiger partial charge in [0.25, 0.3) is 0 Å². The van der Waals surface area contributed by atoms with E-state index in [0.29, 0.717) is 0 Å². The van der Waals surface area contributed by atoms with Crippen LogP contribution in [0.5, 0.6) is 0 Å². The van der Waals surface area contributed by atoms with Gasteiger partial charge in [-0.3, -0.25) is 0 Å². The summed E-state index contributed by atoms with van der Waals surface area (Å²) in [4.78, 5) is 0.189. The zero-order chi connectivity index (χ0) is 13.1. The van der Waals surface area contributed by atoms with Crippen LogP contribution in [-0.2, 0) is 10.0 Å². The van der Waals surface area contributed by atoms with Crippen LogP contribution in [0.2, 0.25) is 0 Å². The van der Waals surface area contributed by atoms with Crippen LogP contribution in [0.1, 0.15) is 13.8 Å². The SMILES string of the molecule is CC(C)(C#N)CNS(=O)(=O)c1ccc(Br)cc1. The number of hydrogen-bond donors (Lipinski definition) is 1. The number of nitrogens with zero attached hydrogens (tertiary/aromatic N) is 1. The minimum Gasteiger partial charge on any atom is -0.210 e. The molecule has 0 bridgehead atoms. The van der Waals surface area contributed by atoms with Crippen molar-refractivity contribution in [2.45, 2.75) is 18.7 Å². The maximum Gasteiger partial charge on any atom is 0.240 e. The predicted molar refractivity (Wildman–Crippen MR) is 68.7 cm³/mol. The Kier molecular flexibility index (Phi) is 4.31. The van der Waals surface area contributed by atoms with Gasteiger partial charge in [0, 0.05) is 11.0 Å². The number of nitriles is 1. The highest BCUT2D eigenvalue weighted by atomic mass is 79.9. The fourth-order valence-corrected chi connectivity index (χ4v) is 2.49. The van der Waals surface area contributed by atoms with Crippen molar-refractivity contribution in [3.63, 3.8) is 0 Å². The van der Waals surface area contributed by atoms with E-state index in [4.69, 9.17) is 5.26 Å². The van der Waals surface area contributed by atoms with Crippen molar-refractivity contribution in [3.05, 3.63) is 28.7 Å². The number of halogens is 1. The summed E-state index contributed by atoms with van der Waals surface area (Å²) in [5.41, 5.74) is -0.720. The molecule has 0 saturated heterocycles. The second kappa shape index (κ2) is 5.17. The second-order valence-electron chi connectivity index (χ2n) is 4.27. The summed E-state index contributed by atoms with van der Waals surface area (Å²) >= 11 is 3.24. The molecule has 1 aromatic rings. The first kappa shape index (κ1) is 14.2. The Bertz CT molecular complexity index is 530. The molecule has 17 heavy (non-hydrogen) atoms. The first-order chi connectivity index (χ1) is 7.77. The molecule has 0 aliphatic heterocycles. The van der Waals surface area contributed by atoms with Crippen molar-refractivity contribution < 1.29 is 8.42 Å². The molecule has 1 N–H and O–H groups in total.